The molecule has 0 bridgehead atoms. The maximum absolute atomic E-state index is 8.78. The first kappa shape index (κ1) is 11.9. The van der Waals surface area contributed by atoms with Crippen molar-refractivity contribution >= 4 is 5.69 Å². The van der Waals surface area contributed by atoms with Gasteiger partial charge in [0.2, 0.25) is 0 Å². The van der Waals surface area contributed by atoms with E-state index in [-0.39, 0.29) is 0 Å². The highest BCUT2D eigenvalue weighted by Gasteiger charge is 2.01. The van der Waals surface area contributed by atoms with E-state index >= 15 is 0 Å². The van der Waals surface area contributed by atoms with Crippen molar-refractivity contribution in [3.8, 4) is 11.8 Å². The molecule has 0 amide bonds. The molecule has 1 aromatic heterocycles. The van der Waals surface area contributed by atoms with Crippen molar-refractivity contribution < 1.29 is 4.74 Å². The number of anilines is 1. The fourth-order valence-electron chi connectivity index (χ4n) is 1.63. The second kappa shape index (κ2) is 5.69. The summed E-state index contributed by atoms with van der Waals surface area (Å²) >= 11 is 0. The Morgan fingerprint density at radius 3 is 2.94 bits per heavy atom. The lowest BCUT2D eigenvalue weighted by Gasteiger charge is -2.10. The van der Waals surface area contributed by atoms with Gasteiger partial charge in [-0.3, -0.25) is 0 Å². The Labute approximate surface area is 106 Å². The Bertz CT molecular complexity index is 575. The third-order valence-corrected chi connectivity index (χ3v) is 2.53. The molecule has 2 rings (SSSR count). The fourth-order valence-corrected chi connectivity index (χ4v) is 1.63. The van der Waals surface area contributed by atoms with Gasteiger partial charge in [-0.25, -0.2) is 4.98 Å². The third kappa shape index (κ3) is 2.77. The number of nitrogens with zero attached hydrogens (tertiary/aromatic N) is 2. The Balaban J connectivity index is 2.09. The molecule has 2 aromatic rings. The Morgan fingerprint density at radius 1 is 1.33 bits per heavy atom. The topological polar surface area (TPSA) is 57.9 Å². The lowest BCUT2D eigenvalue weighted by molar-refractivity contribution is 0.416. The molecule has 90 valence electrons. The molecule has 0 saturated heterocycles. The van der Waals surface area contributed by atoms with Gasteiger partial charge >= 0.3 is 0 Å². The first-order valence-electron chi connectivity index (χ1n) is 5.55. The molecule has 4 nitrogen and oxygen atoms in total. The molecule has 0 aliphatic rings. The van der Waals surface area contributed by atoms with Crippen LogP contribution in [0.25, 0.3) is 0 Å². The minimum Gasteiger partial charge on any atom is -0.495 e. The summed E-state index contributed by atoms with van der Waals surface area (Å²) in [7, 11) is 1.64. The highest BCUT2D eigenvalue weighted by atomic mass is 16.5. The first-order chi connectivity index (χ1) is 8.83. The van der Waals surface area contributed by atoms with E-state index in [0.717, 1.165) is 17.0 Å². The number of aromatic nitrogens is 1. The van der Waals surface area contributed by atoms with Gasteiger partial charge in [0, 0.05) is 12.7 Å². The van der Waals surface area contributed by atoms with Crippen LogP contribution in [0.4, 0.5) is 5.69 Å². The van der Waals surface area contributed by atoms with Gasteiger partial charge in [0.1, 0.15) is 17.5 Å². The molecule has 1 heterocycles. The molecule has 0 saturated carbocycles. The van der Waals surface area contributed by atoms with E-state index in [1.165, 1.54) is 0 Å². The van der Waals surface area contributed by atoms with Crippen LogP contribution < -0.4 is 10.1 Å². The standard InChI is InChI=1S/C14H13N3O/c1-18-14-5-3-2-4-13(14)17-10-11-6-7-16-12(8-11)9-15/h2-8,17H,10H2,1H3. The molecule has 0 atom stereocenters. The van der Waals surface area contributed by atoms with Crippen molar-refractivity contribution in [2.24, 2.45) is 0 Å². The number of nitrogens with one attached hydrogen (secondary N) is 1. The summed E-state index contributed by atoms with van der Waals surface area (Å²) in [5, 5.41) is 12.0. The van der Waals surface area contributed by atoms with Gasteiger partial charge in [-0.15, -0.1) is 0 Å². The Hall–Kier alpha value is -2.54. The molecular formula is C14H13N3O. The van der Waals surface area contributed by atoms with Crippen molar-refractivity contribution in [1.29, 1.82) is 5.26 Å². The molecule has 18 heavy (non-hydrogen) atoms. The summed E-state index contributed by atoms with van der Waals surface area (Å²) in [4.78, 5) is 3.93. The maximum Gasteiger partial charge on any atom is 0.141 e. The first-order valence-corrected chi connectivity index (χ1v) is 5.55. The molecule has 0 aliphatic carbocycles. The number of ether oxygens (including phenoxy) is 1. The summed E-state index contributed by atoms with van der Waals surface area (Å²) in [5.41, 5.74) is 2.36. The number of nitriles is 1. The molecule has 0 spiro atoms. The van der Waals surface area contributed by atoms with Gasteiger partial charge in [0.15, 0.2) is 0 Å². The molecule has 0 fully saturated rings. The van der Waals surface area contributed by atoms with Gasteiger partial charge in [-0.2, -0.15) is 5.26 Å². The van der Waals surface area contributed by atoms with Crippen molar-refractivity contribution in [3.63, 3.8) is 0 Å². The Morgan fingerprint density at radius 2 is 2.17 bits per heavy atom. The van der Waals surface area contributed by atoms with Crippen LogP contribution >= 0.6 is 0 Å². The summed E-state index contributed by atoms with van der Waals surface area (Å²) in [6.07, 6.45) is 1.64. The summed E-state index contributed by atoms with van der Waals surface area (Å²) in [6.45, 7) is 0.623. The minimum absolute atomic E-state index is 0.425. The average Bonchev–Trinajstić information content (AvgIpc) is 2.45. The van der Waals surface area contributed by atoms with Crippen LogP contribution in [0.1, 0.15) is 11.3 Å². The zero-order valence-corrected chi connectivity index (χ0v) is 10.1. The summed E-state index contributed by atoms with van der Waals surface area (Å²) in [6, 6.07) is 13.4. The molecule has 0 radical (unpaired) electrons. The van der Waals surface area contributed by atoms with Gasteiger partial charge < -0.3 is 10.1 Å². The van der Waals surface area contributed by atoms with Crippen LogP contribution in [-0.2, 0) is 6.54 Å². The lowest BCUT2D eigenvalue weighted by atomic mass is 10.2. The van der Waals surface area contributed by atoms with E-state index in [0.29, 0.717) is 12.2 Å². The van der Waals surface area contributed by atoms with Crippen molar-refractivity contribution in [1.82, 2.24) is 4.98 Å². The number of benzene rings is 1. The van der Waals surface area contributed by atoms with Gasteiger partial charge in [0.05, 0.1) is 12.8 Å². The van der Waals surface area contributed by atoms with E-state index in [1.54, 1.807) is 19.4 Å². The smallest absolute Gasteiger partial charge is 0.141 e. The fraction of sp³-hybridized carbons (Fsp3) is 0.143. The van der Waals surface area contributed by atoms with E-state index in [1.807, 2.05) is 36.4 Å². The quantitative estimate of drug-likeness (QED) is 0.890. The van der Waals surface area contributed by atoms with E-state index in [2.05, 4.69) is 10.3 Å². The zero-order valence-electron chi connectivity index (χ0n) is 10.1. The van der Waals surface area contributed by atoms with Gasteiger partial charge in [-0.1, -0.05) is 12.1 Å². The molecular weight excluding hydrogens is 226 g/mol. The summed E-state index contributed by atoms with van der Waals surface area (Å²) in [5.74, 6) is 0.798. The molecule has 1 N–H and O–H groups in total. The minimum atomic E-state index is 0.425. The summed E-state index contributed by atoms with van der Waals surface area (Å²) < 4.78 is 5.25. The number of hydrogen-bond acceptors (Lipinski definition) is 4. The number of para-hydroxylation sites is 2. The molecule has 4 heteroatoms. The van der Waals surface area contributed by atoms with Crippen LogP contribution in [0.5, 0.6) is 5.75 Å². The van der Waals surface area contributed by atoms with E-state index < -0.39 is 0 Å². The second-order valence-corrected chi connectivity index (χ2v) is 3.71. The highest BCUT2D eigenvalue weighted by Crippen LogP contribution is 2.23. The highest BCUT2D eigenvalue weighted by molar-refractivity contribution is 5.56. The van der Waals surface area contributed by atoms with Crippen molar-refractivity contribution in [2.75, 3.05) is 12.4 Å². The monoisotopic (exact) mass is 239 g/mol. The van der Waals surface area contributed by atoms with E-state index in [4.69, 9.17) is 10.00 Å². The number of rotatable bonds is 4. The Kier molecular flexibility index (Phi) is 3.77. The third-order valence-electron chi connectivity index (χ3n) is 2.53. The predicted octanol–water partition coefficient (Wildman–Crippen LogP) is 2.57. The van der Waals surface area contributed by atoms with Crippen molar-refractivity contribution in [3.05, 3.63) is 53.9 Å². The van der Waals surface area contributed by atoms with Crippen molar-refractivity contribution in [2.45, 2.75) is 6.54 Å². The zero-order chi connectivity index (χ0) is 12.8. The van der Waals surface area contributed by atoms with E-state index in [9.17, 15) is 0 Å². The molecule has 1 aromatic carbocycles. The van der Waals surface area contributed by atoms with Gasteiger partial charge in [0.25, 0.3) is 0 Å². The van der Waals surface area contributed by atoms with Crippen LogP contribution in [0, 0.1) is 11.3 Å². The molecule has 0 unspecified atom stereocenters. The van der Waals surface area contributed by atoms with Crippen LogP contribution in [0.15, 0.2) is 42.6 Å². The average molecular weight is 239 g/mol. The van der Waals surface area contributed by atoms with Crippen LogP contribution in [0.2, 0.25) is 0 Å². The number of hydrogen-bond donors (Lipinski definition) is 1. The molecule has 0 aliphatic heterocycles. The number of pyridine rings is 1. The largest absolute Gasteiger partial charge is 0.495 e. The SMILES string of the molecule is COc1ccccc1NCc1ccnc(C#N)c1. The maximum atomic E-state index is 8.78. The van der Waals surface area contributed by atoms with Crippen LogP contribution in [0.3, 0.4) is 0 Å². The predicted molar refractivity (Wildman–Crippen MR) is 69.3 cm³/mol. The normalized spacial score (nSPS) is 9.56. The van der Waals surface area contributed by atoms with Gasteiger partial charge in [-0.05, 0) is 29.8 Å². The number of methoxy groups -OCH3 is 1. The second-order valence-electron chi connectivity index (χ2n) is 3.71. The lowest BCUT2D eigenvalue weighted by Crippen LogP contribution is -2.01. The van der Waals surface area contributed by atoms with Crippen LogP contribution in [-0.4, -0.2) is 12.1 Å².